The normalized spacial score (nSPS) is 12.8. The fraction of sp³-hybridized carbons (Fsp3) is 0.500. The molecule has 3 N–H and O–H groups in total. The number of aliphatic hydroxyl groups excluding tert-OH is 1. The van der Waals surface area contributed by atoms with E-state index in [0.717, 1.165) is 6.07 Å². The first-order valence-electron chi connectivity index (χ1n) is 6.70. The van der Waals surface area contributed by atoms with E-state index in [2.05, 4.69) is 10.6 Å². The highest BCUT2D eigenvalue weighted by Gasteiger charge is 2.27. The van der Waals surface area contributed by atoms with Crippen molar-refractivity contribution in [1.29, 1.82) is 0 Å². The van der Waals surface area contributed by atoms with Crippen LogP contribution in [0.5, 0.6) is 0 Å². The zero-order valence-corrected chi connectivity index (χ0v) is 13.2. The third kappa shape index (κ3) is 4.50. The van der Waals surface area contributed by atoms with E-state index in [1.807, 2.05) is 13.8 Å². The molecular formula is C14H21FN2O3S. The van der Waals surface area contributed by atoms with Crippen LogP contribution in [0.4, 0.5) is 14.9 Å². The molecule has 118 valence electrons. The van der Waals surface area contributed by atoms with Gasteiger partial charge in [0.15, 0.2) is 0 Å². The minimum absolute atomic E-state index is 0.0905. The van der Waals surface area contributed by atoms with Gasteiger partial charge in [0.05, 0.1) is 27.8 Å². The lowest BCUT2D eigenvalue weighted by atomic mass is 9.94. The molecule has 0 aliphatic rings. The summed E-state index contributed by atoms with van der Waals surface area (Å²) < 4.78 is 24.9. The van der Waals surface area contributed by atoms with Gasteiger partial charge in [0.1, 0.15) is 5.82 Å². The second-order valence-electron chi connectivity index (χ2n) is 4.82. The summed E-state index contributed by atoms with van der Waals surface area (Å²) in [7, 11) is -1.42. The number of halogens is 1. The highest BCUT2D eigenvalue weighted by Crippen LogP contribution is 2.18. The van der Waals surface area contributed by atoms with Gasteiger partial charge in [-0.05, 0) is 31.0 Å². The van der Waals surface area contributed by atoms with Crippen LogP contribution in [-0.2, 0) is 10.8 Å². The standard InChI is InChI=1S/C14H21FN2O3S/c1-4-14(5-2,9-18)17-13(19)16-10-6-7-12(21(3)20)11(15)8-10/h6-8,18H,4-5,9H2,1-3H3,(H2,16,17,19)/t21-/m0/s1. The van der Waals surface area contributed by atoms with Crippen molar-refractivity contribution in [3.05, 3.63) is 24.0 Å². The Morgan fingerprint density at radius 3 is 2.43 bits per heavy atom. The number of benzene rings is 1. The van der Waals surface area contributed by atoms with E-state index < -0.39 is 28.2 Å². The average Bonchev–Trinajstić information content (AvgIpc) is 2.44. The molecule has 5 nitrogen and oxygen atoms in total. The molecule has 0 aliphatic heterocycles. The van der Waals surface area contributed by atoms with Gasteiger partial charge in [-0.25, -0.2) is 9.18 Å². The number of urea groups is 1. The van der Waals surface area contributed by atoms with Crippen molar-refractivity contribution in [2.45, 2.75) is 37.1 Å². The van der Waals surface area contributed by atoms with Crippen molar-refractivity contribution < 1.29 is 18.5 Å². The minimum atomic E-state index is -1.42. The van der Waals surface area contributed by atoms with Crippen LogP contribution in [0, 0.1) is 5.82 Å². The van der Waals surface area contributed by atoms with Crippen LogP contribution in [0.15, 0.2) is 23.1 Å². The molecule has 21 heavy (non-hydrogen) atoms. The van der Waals surface area contributed by atoms with Crippen LogP contribution in [0.2, 0.25) is 0 Å². The molecule has 0 saturated carbocycles. The monoisotopic (exact) mass is 316 g/mol. The van der Waals surface area contributed by atoms with Crippen LogP contribution in [-0.4, -0.2) is 33.7 Å². The lowest BCUT2D eigenvalue weighted by molar-refractivity contribution is 0.155. The number of nitrogens with one attached hydrogen (secondary N) is 2. The van der Waals surface area contributed by atoms with Crippen LogP contribution in [0.3, 0.4) is 0 Å². The summed E-state index contributed by atoms with van der Waals surface area (Å²) >= 11 is 0. The van der Waals surface area contributed by atoms with E-state index in [-0.39, 0.29) is 17.2 Å². The number of anilines is 1. The maximum atomic E-state index is 13.7. The molecule has 0 aliphatic carbocycles. The maximum absolute atomic E-state index is 13.7. The van der Waals surface area contributed by atoms with Crippen molar-refractivity contribution in [2.24, 2.45) is 0 Å². The Bertz CT molecular complexity index is 525. The lowest BCUT2D eigenvalue weighted by Gasteiger charge is -2.30. The molecule has 0 heterocycles. The van der Waals surface area contributed by atoms with Crippen molar-refractivity contribution >= 4 is 22.5 Å². The second kappa shape index (κ2) is 7.51. The predicted molar refractivity (Wildman–Crippen MR) is 81.3 cm³/mol. The summed E-state index contributed by atoms with van der Waals surface area (Å²) in [4.78, 5) is 12.0. The van der Waals surface area contributed by atoms with Gasteiger partial charge >= 0.3 is 6.03 Å². The van der Waals surface area contributed by atoms with Gasteiger partial charge in [-0.3, -0.25) is 4.21 Å². The van der Waals surface area contributed by atoms with Crippen LogP contribution in [0.1, 0.15) is 26.7 Å². The highest BCUT2D eigenvalue weighted by atomic mass is 32.2. The second-order valence-corrected chi connectivity index (χ2v) is 6.17. The number of hydrogen-bond acceptors (Lipinski definition) is 3. The average molecular weight is 316 g/mol. The summed E-state index contributed by atoms with van der Waals surface area (Å²) in [5.74, 6) is -0.631. The van der Waals surface area contributed by atoms with Gasteiger partial charge in [-0.15, -0.1) is 0 Å². The van der Waals surface area contributed by atoms with E-state index in [4.69, 9.17) is 0 Å². The Labute approximate surface area is 126 Å². The molecule has 0 radical (unpaired) electrons. The fourth-order valence-corrected chi connectivity index (χ4v) is 2.50. The largest absolute Gasteiger partial charge is 0.394 e. The Morgan fingerprint density at radius 2 is 2.00 bits per heavy atom. The molecule has 0 spiro atoms. The number of carbonyl (C=O) groups is 1. The van der Waals surface area contributed by atoms with Crippen LogP contribution < -0.4 is 10.6 Å². The Kier molecular flexibility index (Phi) is 6.29. The van der Waals surface area contributed by atoms with Crippen molar-refractivity contribution in [1.82, 2.24) is 5.32 Å². The van der Waals surface area contributed by atoms with E-state index in [1.165, 1.54) is 18.4 Å². The molecule has 1 atom stereocenters. The molecule has 2 amide bonds. The molecule has 0 unspecified atom stereocenters. The van der Waals surface area contributed by atoms with Crippen LogP contribution in [0.25, 0.3) is 0 Å². The maximum Gasteiger partial charge on any atom is 0.319 e. The number of carbonyl (C=O) groups excluding carboxylic acids is 1. The molecule has 1 rings (SSSR count). The summed E-state index contributed by atoms with van der Waals surface area (Å²) in [6.07, 6.45) is 2.54. The molecule has 0 saturated heterocycles. The smallest absolute Gasteiger partial charge is 0.319 e. The summed E-state index contributed by atoms with van der Waals surface area (Å²) in [6, 6.07) is 3.46. The van der Waals surface area contributed by atoms with E-state index in [9.17, 15) is 18.5 Å². The first-order chi connectivity index (χ1) is 9.87. The van der Waals surface area contributed by atoms with Gasteiger partial charge in [-0.1, -0.05) is 13.8 Å². The van der Waals surface area contributed by atoms with Crippen molar-refractivity contribution in [2.75, 3.05) is 18.2 Å². The fourth-order valence-electron chi connectivity index (χ4n) is 1.90. The van der Waals surface area contributed by atoms with Crippen molar-refractivity contribution in [3.63, 3.8) is 0 Å². The molecule has 7 heteroatoms. The number of amides is 2. The number of rotatable bonds is 6. The third-order valence-electron chi connectivity index (χ3n) is 3.53. The number of hydrogen-bond donors (Lipinski definition) is 3. The topological polar surface area (TPSA) is 78.4 Å². The lowest BCUT2D eigenvalue weighted by Crippen LogP contribution is -2.52. The molecule has 0 aromatic heterocycles. The zero-order valence-electron chi connectivity index (χ0n) is 12.4. The van der Waals surface area contributed by atoms with Gasteiger partial charge < -0.3 is 15.7 Å². The molecule has 1 aromatic carbocycles. The van der Waals surface area contributed by atoms with E-state index >= 15 is 0 Å². The zero-order chi connectivity index (χ0) is 16.0. The van der Waals surface area contributed by atoms with Crippen LogP contribution >= 0.6 is 0 Å². The molecule has 1 aromatic rings. The van der Waals surface area contributed by atoms with Gasteiger partial charge in [-0.2, -0.15) is 0 Å². The molecule has 0 fully saturated rings. The van der Waals surface area contributed by atoms with Gasteiger partial charge in [0, 0.05) is 11.9 Å². The summed E-state index contributed by atoms with van der Waals surface area (Å²) in [5, 5.41) is 14.6. The first-order valence-corrected chi connectivity index (χ1v) is 8.26. The number of aliphatic hydroxyl groups is 1. The Hall–Kier alpha value is -1.47. The molecule has 0 bridgehead atoms. The highest BCUT2D eigenvalue weighted by molar-refractivity contribution is 7.84. The van der Waals surface area contributed by atoms with Gasteiger partial charge in [0.25, 0.3) is 0 Å². The Balaban J connectivity index is 2.80. The quantitative estimate of drug-likeness (QED) is 0.753. The van der Waals surface area contributed by atoms with Gasteiger partial charge in [0.2, 0.25) is 0 Å². The molecular weight excluding hydrogens is 295 g/mol. The predicted octanol–water partition coefficient (Wildman–Crippen LogP) is 2.24. The minimum Gasteiger partial charge on any atom is -0.394 e. The van der Waals surface area contributed by atoms with E-state index in [1.54, 1.807) is 0 Å². The SMILES string of the molecule is CCC(CC)(CO)NC(=O)Nc1ccc([S@](C)=O)c(F)c1. The third-order valence-corrected chi connectivity index (χ3v) is 4.48. The Morgan fingerprint density at radius 1 is 1.38 bits per heavy atom. The van der Waals surface area contributed by atoms with Crippen molar-refractivity contribution in [3.8, 4) is 0 Å². The first kappa shape index (κ1) is 17.6. The summed E-state index contributed by atoms with van der Waals surface area (Å²) in [6.45, 7) is 3.56. The summed E-state index contributed by atoms with van der Waals surface area (Å²) in [5.41, 5.74) is -0.425. The van der Waals surface area contributed by atoms with E-state index in [0.29, 0.717) is 12.8 Å².